The van der Waals surface area contributed by atoms with Crippen LogP contribution in [0.25, 0.3) is 0 Å². The van der Waals surface area contributed by atoms with Gasteiger partial charge in [0, 0.05) is 17.8 Å². The van der Waals surface area contributed by atoms with Crippen LogP contribution in [-0.4, -0.2) is 11.4 Å². The number of hydrogen-bond donors (Lipinski definition) is 1. The van der Waals surface area contributed by atoms with Gasteiger partial charge in [0.05, 0.1) is 0 Å². The Morgan fingerprint density at radius 1 is 0.971 bits per heavy atom. The van der Waals surface area contributed by atoms with Crippen molar-refractivity contribution in [2.45, 2.75) is 77.4 Å². The monoisotopic (exact) mass is 478 g/mol. The molecule has 0 amide bonds. The topological polar surface area (TPSA) is 29.5 Å². The SMILES string of the molecule is CCC1CC=C(C2C=CC(C(O)Oc3ccc(C4CCC(C)CC4)c(F)c3F)CC2)C(F)=C1F. The Balaban J connectivity index is 1.40. The molecule has 4 unspecified atom stereocenters. The molecule has 0 bridgehead atoms. The molecule has 2 nitrogen and oxygen atoms in total. The molecule has 4 atom stereocenters. The molecule has 34 heavy (non-hydrogen) atoms. The van der Waals surface area contributed by atoms with Crippen molar-refractivity contribution < 1.29 is 27.4 Å². The predicted molar refractivity (Wildman–Crippen MR) is 124 cm³/mol. The lowest BCUT2D eigenvalue weighted by molar-refractivity contribution is -0.0549. The first-order chi connectivity index (χ1) is 16.3. The predicted octanol–water partition coefficient (Wildman–Crippen LogP) is 8.05. The Morgan fingerprint density at radius 3 is 2.35 bits per heavy atom. The summed E-state index contributed by atoms with van der Waals surface area (Å²) in [5, 5.41) is 10.5. The van der Waals surface area contributed by atoms with Crippen molar-refractivity contribution in [1.29, 1.82) is 0 Å². The number of allylic oxidation sites excluding steroid dienone is 5. The zero-order valence-corrected chi connectivity index (χ0v) is 19.9. The summed E-state index contributed by atoms with van der Waals surface area (Å²) in [5.74, 6) is -4.26. The molecule has 186 valence electrons. The van der Waals surface area contributed by atoms with Crippen molar-refractivity contribution in [3.63, 3.8) is 0 Å². The lowest BCUT2D eigenvalue weighted by Crippen LogP contribution is -2.28. The highest BCUT2D eigenvalue weighted by molar-refractivity contribution is 5.37. The van der Waals surface area contributed by atoms with Crippen LogP contribution in [0, 0.1) is 35.3 Å². The minimum atomic E-state index is -1.37. The first-order valence-corrected chi connectivity index (χ1v) is 12.6. The van der Waals surface area contributed by atoms with E-state index in [1.54, 1.807) is 24.3 Å². The van der Waals surface area contributed by atoms with Crippen molar-refractivity contribution in [3.8, 4) is 5.75 Å². The van der Waals surface area contributed by atoms with E-state index in [4.69, 9.17) is 4.74 Å². The lowest BCUT2D eigenvalue weighted by atomic mass is 9.79. The molecule has 4 rings (SSSR count). The Bertz CT molecular complexity index is 975. The minimum absolute atomic E-state index is 0.00358. The molecular weight excluding hydrogens is 444 g/mol. The van der Waals surface area contributed by atoms with Gasteiger partial charge < -0.3 is 9.84 Å². The van der Waals surface area contributed by atoms with Gasteiger partial charge in [-0.05, 0) is 67.6 Å². The average Bonchev–Trinajstić information content (AvgIpc) is 2.84. The van der Waals surface area contributed by atoms with Crippen LogP contribution in [-0.2, 0) is 0 Å². The second-order valence-electron chi connectivity index (χ2n) is 10.1. The summed E-state index contributed by atoms with van der Waals surface area (Å²) in [6, 6.07) is 2.96. The number of aliphatic hydroxyl groups is 1. The van der Waals surface area contributed by atoms with E-state index in [0.717, 1.165) is 25.7 Å². The lowest BCUT2D eigenvalue weighted by Gasteiger charge is -2.30. The second kappa shape index (κ2) is 10.7. The zero-order valence-electron chi connectivity index (χ0n) is 19.9. The number of rotatable bonds is 6. The molecule has 3 aliphatic rings. The first kappa shape index (κ1) is 25.0. The maximum atomic E-state index is 14.8. The fourth-order valence-corrected chi connectivity index (χ4v) is 5.52. The molecule has 0 spiro atoms. The Morgan fingerprint density at radius 2 is 1.71 bits per heavy atom. The van der Waals surface area contributed by atoms with Crippen molar-refractivity contribution in [1.82, 2.24) is 0 Å². The summed E-state index contributed by atoms with van der Waals surface area (Å²) in [6.07, 6.45) is 9.50. The van der Waals surface area contributed by atoms with Crippen molar-refractivity contribution >= 4 is 0 Å². The van der Waals surface area contributed by atoms with Gasteiger partial charge in [0.1, 0.15) is 5.83 Å². The van der Waals surface area contributed by atoms with E-state index in [1.165, 1.54) is 6.07 Å². The number of ether oxygens (including phenoxy) is 1. The Hall–Kier alpha value is -2.08. The third-order valence-electron chi connectivity index (χ3n) is 7.88. The van der Waals surface area contributed by atoms with Crippen LogP contribution >= 0.6 is 0 Å². The molecular formula is C28H34F4O2. The van der Waals surface area contributed by atoms with Crippen LogP contribution in [0.5, 0.6) is 5.75 Å². The van der Waals surface area contributed by atoms with Gasteiger partial charge >= 0.3 is 0 Å². The number of aliphatic hydroxyl groups excluding tert-OH is 1. The van der Waals surface area contributed by atoms with Crippen LogP contribution in [0.2, 0.25) is 0 Å². The Kier molecular flexibility index (Phi) is 7.86. The van der Waals surface area contributed by atoms with Crippen molar-refractivity contribution in [2.75, 3.05) is 0 Å². The molecule has 1 aromatic carbocycles. The molecule has 1 aromatic rings. The molecule has 0 heterocycles. The molecule has 6 heteroatoms. The summed E-state index contributed by atoms with van der Waals surface area (Å²) in [5.41, 5.74) is 0.730. The van der Waals surface area contributed by atoms with Crippen LogP contribution in [0.1, 0.15) is 76.7 Å². The quantitative estimate of drug-likeness (QED) is 0.255. The second-order valence-corrected chi connectivity index (χ2v) is 10.1. The Labute approximate surface area is 199 Å². The normalized spacial score (nSPS) is 30.8. The van der Waals surface area contributed by atoms with Gasteiger partial charge in [-0.3, -0.25) is 0 Å². The number of hydrogen-bond acceptors (Lipinski definition) is 2. The van der Waals surface area contributed by atoms with E-state index >= 15 is 0 Å². The highest BCUT2D eigenvalue weighted by atomic mass is 19.2. The number of benzene rings is 1. The molecule has 1 N–H and O–H groups in total. The fraction of sp³-hybridized carbons (Fsp3) is 0.571. The third kappa shape index (κ3) is 5.12. The van der Waals surface area contributed by atoms with Gasteiger partial charge in [0.2, 0.25) is 12.1 Å². The van der Waals surface area contributed by atoms with Crippen LogP contribution in [0.3, 0.4) is 0 Å². The van der Waals surface area contributed by atoms with Crippen LogP contribution in [0.15, 0.2) is 47.6 Å². The van der Waals surface area contributed by atoms with E-state index < -0.39 is 41.4 Å². The highest BCUT2D eigenvalue weighted by Crippen LogP contribution is 2.42. The van der Waals surface area contributed by atoms with Gasteiger partial charge in [0.15, 0.2) is 17.4 Å². The maximum absolute atomic E-state index is 14.8. The summed E-state index contributed by atoms with van der Waals surface area (Å²) in [6.45, 7) is 4.01. The van der Waals surface area contributed by atoms with Gasteiger partial charge in [-0.1, -0.05) is 51.0 Å². The standard InChI is InChI=1S/C28H34F4O2/c1-3-17-12-13-21(25(30)24(17)29)19-8-10-20(11-9-19)28(33)34-23-15-14-22(26(31)27(23)32)18-6-4-16(2)5-7-18/h8,10,13-20,28,33H,3-7,9,11-12H2,1-2H3. The average molecular weight is 479 g/mol. The summed E-state index contributed by atoms with van der Waals surface area (Å²) >= 11 is 0. The molecule has 0 aliphatic heterocycles. The zero-order chi connectivity index (χ0) is 24.4. The maximum Gasteiger partial charge on any atom is 0.203 e. The van der Waals surface area contributed by atoms with E-state index in [2.05, 4.69) is 6.92 Å². The van der Waals surface area contributed by atoms with Crippen molar-refractivity contribution in [2.24, 2.45) is 23.7 Å². The minimum Gasteiger partial charge on any atom is -0.461 e. The van der Waals surface area contributed by atoms with E-state index in [9.17, 15) is 22.7 Å². The first-order valence-electron chi connectivity index (χ1n) is 12.6. The molecule has 3 aliphatic carbocycles. The summed E-state index contributed by atoms with van der Waals surface area (Å²) in [4.78, 5) is 0. The van der Waals surface area contributed by atoms with Gasteiger partial charge in [0.25, 0.3) is 0 Å². The van der Waals surface area contributed by atoms with Crippen molar-refractivity contribution in [3.05, 3.63) is 64.8 Å². The largest absolute Gasteiger partial charge is 0.461 e. The van der Waals surface area contributed by atoms with E-state index in [1.807, 2.05) is 6.92 Å². The molecule has 0 aromatic heterocycles. The van der Waals surface area contributed by atoms with Gasteiger partial charge in [-0.15, -0.1) is 0 Å². The molecule has 0 saturated heterocycles. The van der Waals surface area contributed by atoms with Gasteiger partial charge in [-0.25, -0.2) is 13.2 Å². The van der Waals surface area contributed by atoms with E-state index in [0.29, 0.717) is 42.7 Å². The molecule has 1 saturated carbocycles. The molecule has 0 radical (unpaired) electrons. The fourth-order valence-electron chi connectivity index (χ4n) is 5.52. The van der Waals surface area contributed by atoms with E-state index in [-0.39, 0.29) is 17.6 Å². The smallest absolute Gasteiger partial charge is 0.203 e. The number of halogens is 4. The van der Waals surface area contributed by atoms with Crippen LogP contribution < -0.4 is 4.74 Å². The van der Waals surface area contributed by atoms with Crippen LogP contribution in [0.4, 0.5) is 17.6 Å². The third-order valence-corrected chi connectivity index (χ3v) is 7.88. The summed E-state index contributed by atoms with van der Waals surface area (Å²) < 4.78 is 63.7. The molecule has 1 fully saturated rings. The van der Waals surface area contributed by atoms with Gasteiger partial charge in [-0.2, -0.15) is 4.39 Å². The summed E-state index contributed by atoms with van der Waals surface area (Å²) in [7, 11) is 0. The highest BCUT2D eigenvalue weighted by Gasteiger charge is 2.32.